The van der Waals surface area contributed by atoms with Gasteiger partial charge in [0, 0.05) is 18.0 Å². The summed E-state index contributed by atoms with van der Waals surface area (Å²) in [7, 11) is 0. The van der Waals surface area contributed by atoms with Crippen LogP contribution in [0.15, 0.2) is 0 Å². The zero-order valence-electron chi connectivity index (χ0n) is 11.0. The summed E-state index contributed by atoms with van der Waals surface area (Å²) >= 11 is 0. The van der Waals surface area contributed by atoms with Crippen LogP contribution in [-0.4, -0.2) is 33.1 Å². The number of H-pyrrole nitrogens is 1. The first-order valence-electron chi connectivity index (χ1n) is 6.66. The lowest BCUT2D eigenvalue weighted by Crippen LogP contribution is -2.43. The smallest absolute Gasteiger partial charge is 0.276 e. The van der Waals surface area contributed by atoms with E-state index in [4.69, 9.17) is 5.73 Å². The summed E-state index contributed by atoms with van der Waals surface area (Å²) in [6.45, 7) is 5.00. The van der Waals surface area contributed by atoms with E-state index in [9.17, 15) is 4.79 Å². The number of nitrogens with two attached hydrogens (primary N) is 1. The third-order valence-corrected chi connectivity index (χ3v) is 4.17. The molecule has 18 heavy (non-hydrogen) atoms. The van der Waals surface area contributed by atoms with Gasteiger partial charge in [-0.3, -0.25) is 9.89 Å². The summed E-state index contributed by atoms with van der Waals surface area (Å²) in [5, 5.41) is 7.09. The van der Waals surface area contributed by atoms with E-state index in [1.165, 1.54) is 0 Å². The van der Waals surface area contributed by atoms with E-state index in [-0.39, 0.29) is 11.4 Å². The Hall–Kier alpha value is -1.52. The Morgan fingerprint density at radius 1 is 1.50 bits per heavy atom. The molecule has 98 valence electrons. The van der Waals surface area contributed by atoms with Gasteiger partial charge >= 0.3 is 0 Å². The molecular weight excluding hydrogens is 228 g/mol. The second kappa shape index (κ2) is 3.73. The number of anilines is 1. The molecule has 2 fully saturated rings. The molecular formula is C13H20N4O. The number of amides is 1. The van der Waals surface area contributed by atoms with Gasteiger partial charge in [0.15, 0.2) is 5.69 Å². The number of nitrogen functional groups attached to an aromatic ring is 1. The van der Waals surface area contributed by atoms with Crippen LogP contribution in [0.2, 0.25) is 0 Å². The van der Waals surface area contributed by atoms with Crippen molar-refractivity contribution in [3.05, 3.63) is 11.4 Å². The molecule has 1 amide bonds. The number of nitrogens with one attached hydrogen (secondary N) is 1. The first-order chi connectivity index (χ1) is 8.50. The van der Waals surface area contributed by atoms with Gasteiger partial charge in [-0.15, -0.1) is 0 Å². The quantitative estimate of drug-likeness (QED) is 0.839. The standard InChI is InChI=1S/C13H20N4O/c1-13(2)6-3-7-17(13)12(18)11-9(14)10(15-16-11)8-4-5-8/h8H,3-7,14H2,1-2H3,(H,15,16). The van der Waals surface area contributed by atoms with Gasteiger partial charge in [-0.2, -0.15) is 5.10 Å². The van der Waals surface area contributed by atoms with Crippen LogP contribution >= 0.6 is 0 Å². The molecule has 2 heterocycles. The van der Waals surface area contributed by atoms with E-state index in [1.807, 2.05) is 4.90 Å². The average molecular weight is 248 g/mol. The molecule has 1 aromatic rings. The molecule has 1 saturated carbocycles. The van der Waals surface area contributed by atoms with Crippen molar-refractivity contribution in [2.24, 2.45) is 0 Å². The molecule has 0 aromatic carbocycles. The molecule has 0 radical (unpaired) electrons. The molecule has 0 bridgehead atoms. The van der Waals surface area contributed by atoms with Gasteiger partial charge in [0.25, 0.3) is 5.91 Å². The summed E-state index contributed by atoms with van der Waals surface area (Å²) < 4.78 is 0. The van der Waals surface area contributed by atoms with Gasteiger partial charge < -0.3 is 10.6 Å². The lowest BCUT2D eigenvalue weighted by Gasteiger charge is -2.31. The fourth-order valence-corrected chi connectivity index (χ4v) is 2.82. The molecule has 5 heteroatoms. The first-order valence-corrected chi connectivity index (χ1v) is 6.66. The Kier molecular flexibility index (Phi) is 2.40. The van der Waals surface area contributed by atoms with Crippen LogP contribution in [0.4, 0.5) is 5.69 Å². The Labute approximate surface area is 107 Å². The number of aromatic amines is 1. The number of nitrogens with zero attached hydrogens (tertiary/aromatic N) is 2. The van der Waals surface area contributed by atoms with Crippen LogP contribution < -0.4 is 5.73 Å². The molecule has 0 atom stereocenters. The highest BCUT2D eigenvalue weighted by Gasteiger charge is 2.38. The maximum Gasteiger partial charge on any atom is 0.276 e. The minimum absolute atomic E-state index is 0.0295. The van der Waals surface area contributed by atoms with Crippen molar-refractivity contribution >= 4 is 11.6 Å². The summed E-state index contributed by atoms with van der Waals surface area (Å²) in [5.41, 5.74) is 7.90. The second-order valence-corrected chi connectivity index (χ2v) is 6.05. The number of aromatic nitrogens is 2. The topological polar surface area (TPSA) is 75.0 Å². The predicted molar refractivity (Wildman–Crippen MR) is 69.3 cm³/mol. The molecule has 1 aliphatic carbocycles. The summed E-state index contributed by atoms with van der Waals surface area (Å²) in [4.78, 5) is 14.4. The van der Waals surface area contributed by atoms with Gasteiger partial charge in [0.05, 0.1) is 11.4 Å². The molecule has 1 aromatic heterocycles. The SMILES string of the molecule is CC1(C)CCCN1C(=O)c1n[nH]c(C2CC2)c1N. The van der Waals surface area contributed by atoms with E-state index in [1.54, 1.807) is 0 Å². The van der Waals surface area contributed by atoms with Crippen LogP contribution in [0.25, 0.3) is 0 Å². The third kappa shape index (κ3) is 1.69. The van der Waals surface area contributed by atoms with Gasteiger partial charge in [-0.1, -0.05) is 0 Å². The zero-order chi connectivity index (χ0) is 12.9. The zero-order valence-corrected chi connectivity index (χ0v) is 11.0. The molecule has 0 spiro atoms. The average Bonchev–Trinajstić information content (AvgIpc) is 2.98. The largest absolute Gasteiger partial charge is 0.395 e. The molecule has 1 aliphatic heterocycles. The van der Waals surface area contributed by atoms with Crippen LogP contribution in [0, 0.1) is 0 Å². The van der Waals surface area contributed by atoms with Crippen molar-refractivity contribution in [1.29, 1.82) is 0 Å². The second-order valence-electron chi connectivity index (χ2n) is 6.05. The van der Waals surface area contributed by atoms with Crippen molar-refractivity contribution in [2.45, 2.75) is 51.0 Å². The molecule has 3 N–H and O–H groups in total. The Morgan fingerprint density at radius 3 is 2.78 bits per heavy atom. The third-order valence-electron chi connectivity index (χ3n) is 4.17. The Balaban J connectivity index is 1.88. The molecule has 3 rings (SSSR count). The van der Waals surface area contributed by atoms with Crippen molar-refractivity contribution in [1.82, 2.24) is 15.1 Å². The first kappa shape index (κ1) is 11.6. The molecule has 5 nitrogen and oxygen atoms in total. The lowest BCUT2D eigenvalue weighted by atomic mass is 10.0. The van der Waals surface area contributed by atoms with Gasteiger partial charge in [0.2, 0.25) is 0 Å². The van der Waals surface area contributed by atoms with Crippen LogP contribution in [-0.2, 0) is 0 Å². The highest BCUT2D eigenvalue weighted by atomic mass is 16.2. The van der Waals surface area contributed by atoms with Crippen molar-refractivity contribution in [3.63, 3.8) is 0 Å². The number of likely N-dealkylation sites (tertiary alicyclic amines) is 1. The highest BCUT2D eigenvalue weighted by molar-refractivity contribution is 5.98. The monoisotopic (exact) mass is 248 g/mol. The minimum Gasteiger partial charge on any atom is -0.395 e. The number of hydrogen-bond donors (Lipinski definition) is 2. The molecule has 2 aliphatic rings. The van der Waals surface area contributed by atoms with Crippen molar-refractivity contribution < 1.29 is 4.79 Å². The maximum atomic E-state index is 12.5. The summed E-state index contributed by atoms with van der Waals surface area (Å²) in [6.07, 6.45) is 4.39. The number of carbonyl (C=O) groups is 1. The normalized spacial score (nSPS) is 22.4. The number of hydrogen-bond acceptors (Lipinski definition) is 3. The molecule has 1 saturated heterocycles. The Morgan fingerprint density at radius 2 is 2.22 bits per heavy atom. The van der Waals surface area contributed by atoms with Gasteiger partial charge in [0.1, 0.15) is 0 Å². The fraction of sp³-hybridized carbons (Fsp3) is 0.692. The van der Waals surface area contributed by atoms with Crippen LogP contribution in [0.3, 0.4) is 0 Å². The minimum atomic E-state index is -0.0811. The maximum absolute atomic E-state index is 12.5. The van der Waals surface area contributed by atoms with Crippen LogP contribution in [0.1, 0.15) is 61.6 Å². The van der Waals surface area contributed by atoms with E-state index in [0.717, 1.165) is 37.9 Å². The van der Waals surface area contributed by atoms with Gasteiger partial charge in [-0.25, -0.2) is 0 Å². The summed E-state index contributed by atoms with van der Waals surface area (Å²) in [6, 6.07) is 0. The van der Waals surface area contributed by atoms with E-state index < -0.39 is 0 Å². The lowest BCUT2D eigenvalue weighted by molar-refractivity contribution is 0.0647. The number of rotatable bonds is 2. The molecule has 0 unspecified atom stereocenters. The highest BCUT2D eigenvalue weighted by Crippen LogP contribution is 2.42. The van der Waals surface area contributed by atoms with Crippen molar-refractivity contribution in [2.75, 3.05) is 12.3 Å². The predicted octanol–water partition coefficient (Wildman–Crippen LogP) is 1.88. The van der Waals surface area contributed by atoms with Gasteiger partial charge in [-0.05, 0) is 39.5 Å². The van der Waals surface area contributed by atoms with E-state index in [2.05, 4.69) is 24.0 Å². The van der Waals surface area contributed by atoms with Crippen LogP contribution in [0.5, 0.6) is 0 Å². The van der Waals surface area contributed by atoms with E-state index in [0.29, 0.717) is 17.3 Å². The summed E-state index contributed by atoms with van der Waals surface area (Å²) in [5.74, 6) is 0.462. The Bertz CT molecular complexity index is 487. The van der Waals surface area contributed by atoms with Crippen molar-refractivity contribution in [3.8, 4) is 0 Å². The van der Waals surface area contributed by atoms with E-state index >= 15 is 0 Å². The fourth-order valence-electron chi connectivity index (χ4n) is 2.82. The number of carbonyl (C=O) groups excluding carboxylic acids is 1.